The van der Waals surface area contributed by atoms with Crippen LogP contribution in [-0.4, -0.2) is 50.8 Å². The van der Waals surface area contributed by atoms with Crippen LogP contribution in [0, 0.1) is 5.92 Å². The summed E-state index contributed by atoms with van der Waals surface area (Å²) in [6.45, 7) is 5.78. The molecule has 1 aromatic carbocycles. The molecule has 166 valence electrons. The van der Waals surface area contributed by atoms with Crippen LogP contribution < -0.4 is 22.1 Å². The van der Waals surface area contributed by atoms with Crippen LogP contribution in [0.25, 0.3) is 0 Å². The Bertz CT molecular complexity index is 964. The Morgan fingerprint density at radius 2 is 1.83 bits per heavy atom. The Morgan fingerprint density at radius 1 is 1.20 bits per heavy atom. The smallest absolute Gasteiger partial charge is 0.309 e. The van der Waals surface area contributed by atoms with Gasteiger partial charge in [-0.3, -0.25) is 9.59 Å². The van der Waals surface area contributed by atoms with E-state index >= 15 is 0 Å². The van der Waals surface area contributed by atoms with Crippen molar-refractivity contribution in [1.82, 2.24) is 0 Å². The summed E-state index contributed by atoms with van der Waals surface area (Å²) in [5.74, 6) is -1.87. The van der Waals surface area contributed by atoms with Crippen molar-refractivity contribution < 1.29 is 22.7 Å². The molecule has 0 spiro atoms. The van der Waals surface area contributed by atoms with Gasteiger partial charge in [-0.15, -0.1) is 0 Å². The SMILES string of the molecule is CC(C)(C)OC(=O)C1CCN(c2cc(C(=O)N=C(N)N)cc(S(C)(=O)=O)c2)C(N)C1. The summed E-state index contributed by atoms with van der Waals surface area (Å²) >= 11 is 0. The van der Waals surface area contributed by atoms with E-state index in [9.17, 15) is 18.0 Å². The van der Waals surface area contributed by atoms with Crippen LogP contribution in [0.1, 0.15) is 44.0 Å². The molecule has 1 aromatic rings. The number of ether oxygens (including phenoxy) is 1. The molecule has 2 unspecified atom stereocenters. The second kappa shape index (κ2) is 8.60. The highest BCUT2D eigenvalue weighted by Gasteiger charge is 2.33. The summed E-state index contributed by atoms with van der Waals surface area (Å²) in [7, 11) is -3.62. The minimum Gasteiger partial charge on any atom is -0.460 e. The maximum atomic E-state index is 12.4. The van der Waals surface area contributed by atoms with E-state index in [2.05, 4.69) is 4.99 Å². The number of amides is 1. The van der Waals surface area contributed by atoms with E-state index in [0.717, 1.165) is 6.26 Å². The van der Waals surface area contributed by atoms with Crippen molar-refractivity contribution in [2.45, 2.75) is 50.3 Å². The zero-order valence-electron chi connectivity index (χ0n) is 17.6. The highest BCUT2D eigenvalue weighted by atomic mass is 32.2. The van der Waals surface area contributed by atoms with Gasteiger partial charge in [0.05, 0.1) is 17.0 Å². The molecule has 1 fully saturated rings. The fraction of sp³-hybridized carbons (Fsp3) is 0.526. The van der Waals surface area contributed by atoms with Crippen molar-refractivity contribution in [3.05, 3.63) is 23.8 Å². The number of hydrogen-bond acceptors (Lipinski definition) is 7. The van der Waals surface area contributed by atoms with Crippen LogP contribution in [-0.2, 0) is 19.4 Å². The molecule has 30 heavy (non-hydrogen) atoms. The minimum absolute atomic E-state index is 0.0165. The van der Waals surface area contributed by atoms with E-state index < -0.39 is 33.5 Å². The Morgan fingerprint density at radius 3 is 2.33 bits per heavy atom. The monoisotopic (exact) mass is 439 g/mol. The molecule has 0 saturated carbocycles. The molecular formula is C19H29N5O5S. The number of carbonyl (C=O) groups is 2. The van der Waals surface area contributed by atoms with Gasteiger partial charge in [-0.05, 0) is 51.8 Å². The lowest BCUT2D eigenvalue weighted by molar-refractivity contribution is -0.161. The van der Waals surface area contributed by atoms with Gasteiger partial charge in [-0.25, -0.2) is 8.42 Å². The van der Waals surface area contributed by atoms with Gasteiger partial charge in [0.1, 0.15) is 5.60 Å². The lowest BCUT2D eigenvalue weighted by Gasteiger charge is -2.39. The van der Waals surface area contributed by atoms with E-state index in [1.54, 1.807) is 25.7 Å². The molecule has 1 saturated heterocycles. The van der Waals surface area contributed by atoms with Crippen LogP contribution in [0.2, 0.25) is 0 Å². The normalized spacial score (nSPS) is 19.8. The van der Waals surface area contributed by atoms with Crippen molar-refractivity contribution in [2.24, 2.45) is 28.1 Å². The molecule has 0 radical (unpaired) electrons. The maximum absolute atomic E-state index is 12.4. The van der Waals surface area contributed by atoms with E-state index in [1.807, 2.05) is 0 Å². The topological polar surface area (TPSA) is 171 Å². The van der Waals surface area contributed by atoms with Crippen LogP contribution >= 0.6 is 0 Å². The molecule has 2 atom stereocenters. The average Bonchev–Trinajstić information content (AvgIpc) is 2.58. The van der Waals surface area contributed by atoms with Gasteiger partial charge >= 0.3 is 5.97 Å². The number of rotatable bonds is 4. The molecule has 0 aromatic heterocycles. The van der Waals surface area contributed by atoms with E-state index in [0.29, 0.717) is 25.1 Å². The highest BCUT2D eigenvalue weighted by molar-refractivity contribution is 7.90. The number of piperidine rings is 1. The third kappa shape index (κ3) is 6.17. The first-order valence-corrected chi connectivity index (χ1v) is 11.3. The predicted molar refractivity (Wildman–Crippen MR) is 114 cm³/mol. The maximum Gasteiger partial charge on any atom is 0.309 e. The van der Waals surface area contributed by atoms with E-state index in [4.69, 9.17) is 21.9 Å². The summed E-state index contributed by atoms with van der Waals surface area (Å²) in [6, 6.07) is 4.14. The quantitative estimate of drug-likeness (QED) is 0.340. The van der Waals surface area contributed by atoms with Gasteiger partial charge in [0.25, 0.3) is 5.91 Å². The number of sulfone groups is 1. The number of esters is 1. The summed E-state index contributed by atoms with van der Waals surface area (Å²) < 4.78 is 29.7. The van der Waals surface area contributed by atoms with Gasteiger partial charge in [0, 0.05) is 24.1 Å². The van der Waals surface area contributed by atoms with Crippen molar-refractivity contribution in [2.75, 3.05) is 17.7 Å². The van der Waals surface area contributed by atoms with Gasteiger partial charge in [-0.2, -0.15) is 4.99 Å². The number of nitrogens with zero attached hydrogens (tertiary/aromatic N) is 2. The highest BCUT2D eigenvalue weighted by Crippen LogP contribution is 2.30. The predicted octanol–water partition coefficient (Wildman–Crippen LogP) is 0.347. The number of anilines is 1. The lowest BCUT2D eigenvalue weighted by Crippen LogP contribution is -2.50. The van der Waals surface area contributed by atoms with Gasteiger partial charge in [0.2, 0.25) is 0 Å². The first kappa shape index (κ1) is 23.6. The molecule has 10 nitrogen and oxygen atoms in total. The third-order valence-electron chi connectivity index (χ3n) is 4.51. The number of hydrogen-bond donors (Lipinski definition) is 3. The van der Waals surface area contributed by atoms with Crippen LogP contribution in [0.5, 0.6) is 0 Å². The average molecular weight is 440 g/mol. The standard InChI is InChI=1S/C19H29N5O5S/c1-19(2,3)29-17(26)11-5-6-24(15(20)9-11)13-7-12(16(25)23-18(21)22)8-14(10-13)30(4,27)28/h7-8,10-11,15H,5-6,9,20H2,1-4H3,(H4,21,22,23,25). The fourth-order valence-electron chi connectivity index (χ4n) is 3.19. The first-order valence-electron chi connectivity index (χ1n) is 9.41. The Hall–Kier alpha value is -2.66. The van der Waals surface area contributed by atoms with Crippen LogP contribution in [0.3, 0.4) is 0 Å². The molecule has 11 heteroatoms. The van der Waals surface area contributed by atoms with Crippen molar-refractivity contribution >= 4 is 33.4 Å². The van der Waals surface area contributed by atoms with Gasteiger partial charge in [0.15, 0.2) is 15.8 Å². The molecule has 6 N–H and O–H groups in total. The molecule has 1 aliphatic rings. The molecule has 0 aliphatic carbocycles. The van der Waals surface area contributed by atoms with E-state index in [-0.39, 0.29) is 22.3 Å². The van der Waals surface area contributed by atoms with Crippen molar-refractivity contribution in [3.63, 3.8) is 0 Å². The minimum atomic E-state index is -3.62. The van der Waals surface area contributed by atoms with Crippen molar-refractivity contribution in [1.29, 1.82) is 0 Å². The van der Waals surface area contributed by atoms with Gasteiger partial charge in [-0.1, -0.05) is 0 Å². The number of benzene rings is 1. The molecule has 0 bridgehead atoms. The molecular weight excluding hydrogens is 410 g/mol. The summed E-state index contributed by atoms with van der Waals surface area (Å²) in [5.41, 5.74) is 16.7. The largest absolute Gasteiger partial charge is 0.460 e. The Labute approximate surface area is 176 Å². The zero-order valence-corrected chi connectivity index (χ0v) is 18.4. The third-order valence-corrected chi connectivity index (χ3v) is 5.61. The Balaban J connectivity index is 2.34. The number of nitrogens with two attached hydrogens (primary N) is 3. The second-order valence-electron chi connectivity index (χ2n) is 8.35. The molecule has 2 rings (SSSR count). The summed E-state index contributed by atoms with van der Waals surface area (Å²) in [4.78, 5) is 29.8. The summed E-state index contributed by atoms with van der Waals surface area (Å²) in [5, 5.41) is 0. The number of carbonyl (C=O) groups excluding carboxylic acids is 2. The lowest BCUT2D eigenvalue weighted by atomic mass is 9.93. The van der Waals surface area contributed by atoms with E-state index in [1.165, 1.54) is 18.2 Å². The van der Waals surface area contributed by atoms with Crippen molar-refractivity contribution in [3.8, 4) is 0 Å². The number of guanidine groups is 1. The van der Waals surface area contributed by atoms with Crippen LogP contribution in [0.4, 0.5) is 5.69 Å². The first-order chi connectivity index (χ1) is 13.7. The zero-order chi connectivity index (χ0) is 22.9. The van der Waals surface area contributed by atoms with Gasteiger partial charge < -0.3 is 26.8 Å². The second-order valence-corrected chi connectivity index (χ2v) is 10.4. The number of aliphatic imine (C=N–C) groups is 1. The molecule has 1 aliphatic heterocycles. The fourth-order valence-corrected chi connectivity index (χ4v) is 3.86. The van der Waals surface area contributed by atoms with Crippen LogP contribution in [0.15, 0.2) is 28.1 Å². The molecule has 1 amide bonds. The summed E-state index contributed by atoms with van der Waals surface area (Å²) in [6.07, 6.45) is 1.27. The molecule has 1 heterocycles. The Kier molecular flexibility index (Phi) is 6.77.